The van der Waals surface area contributed by atoms with Crippen molar-refractivity contribution in [3.63, 3.8) is 0 Å². The first-order valence-corrected chi connectivity index (χ1v) is 8.78. The van der Waals surface area contributed by atoms with Crippen molar-refractivity contribution in [3.8, 4) is 0 Å². The number of fused-ring (bicyclic) bond motifs is 1. The second-order valence-electron chi connectivity index (χ2n) is 5.97. The van der Waals surface area contributed by atoms with Crippen LogP contribution in [0.3, 0.4) is 0 Å². The van der Waals surface area contributed by atoms with Crippen molar-refractivity contribution in [1.82, 2.24) is 19.9 Å². The summed E-state index contributed by atoms with van der Waals surface area (Å²) >= 11 is 1.67. The lowest BCUT2D eigenvalue weighted by atomic mass is 10.1. The zero-order chi connectivity index (χ0) is 16.5. The molecule has 124 valence electrons. The highest BCUT2D eigenvalue weighted by atomic mass is 32.1. The number of thiophene rings is 1. The molecule has 4 rings (SSSR count). The minimum atomic E-state index is -0.143. The van der Waals surface area contributed by atoms with Gasteiger partial charge < -0.3 is 15.2 Å². The lowest BCUT2D eigenvalue weighted by molar-refractivity contribution is 0.524. The summed E-state index contributed by atoms with van der Waals surface area (Å²) in [6, 6.07) is 2.34. The van der Waals surface area contributed by atoms with E-state index in [0.717, 1.165) is 42.0 Å². The lowest BCUT2D eigenvalue weighted by Gasteiger charge is -2.33. The van der Waals surface area contributed by atoms with Crippen LogP contribution in [0.5, 0.6) is 0 Å². The lowest BCUT2D eigenvalue weighted by Crippen LogP contribution is -2.44. The van der Waals surface area contributed by atoms with Gasteiger partial charge in [0.25, 0.3) is 5.56 Å². The van der Waals surface area contributed by atoms with Crippen LogP contribution < -0.4 is 15.8 Å². The standard InChI is InChI=1S/C16H18N6OS/c1-10-7-12-13(19-9-20-16(12)24-10)21-11-3-2-6-22(8-11)14-15(23)18-5-4-17-14/h4-5,7,9,11H,2-3,6,8H2,1H3,(H,18,23)(H,19,20,21). The number of aromatic nitrogens is 4. The number of piperidine rings is 1. The van der Waals surface area contributed by atoms with E-state index in [4.69, 9.17) is 0 Å². The first-order valence-electron chi connectivity index (χ1n) is 7.97. The number of nitrogens with one attached hydrogen (secondary N) is 2. The molecule has 7 nitrogen and oxygen atoms in total. The van der Waals surface area contributed by atoms with Crippen LogP contribution in [0.1, 0.15) is 17.7 Å². The number of aromatic amines is 1. The molecule has 1 unspecified atom stereocenters. The van der Waals surface area contributed by atoms with Gasteiger partial charge in [-0.15, -0.1) is 11.3 Å². The van der Waals surface area contributed by atoms with Crippen LogP contribution in [0.2, 0.25) is 0 Å². The summed E-state index contributed by atoms with van der Waals surface area (Å²) in [5.74, 6) is 1.36. The highest BCUT2D eigenvalue weighted by molar-refractivity contribution is 7.18. The normalized spacial score (nSPS) is 18.0. The van der Waals surface area contributed by atoms with Crippen LogP contribution in [-0.4, -0.2) is 39.1 Å². The Labute approximate surface area is 142 Å². The second-order valence-corrected chi connectivity index (χ2v) is 7.20. The summed E-state index contributed by atoms with van der Waals surface area (Å²) in [7, 11) is 0. The Bertz CT molecular complexity index is 920. The topological polar surface area (TPSA) is 86.8 Å². The van der Waals surface area contributed by atoms with E-state index in [9.17, 15) is 4.79 Å². The molecule has 4 heterocycles. The van der Waals surface area contributed by atoms with Gasteiger partial charge in [0.1, 0.15) is 17.0 Å². The Kier molecular flexibility index (Phi) is 3.89. The number of aryl methyl sites for hydroxylation is 1. The number of hydrogen-bond acceptors (Lipinski definition) is 7. The summed E-state index contributed by atoms with van der Waals surface area (Å²) in [6.45, 7) is 3.65. The highest BCUT2D eigenvalue weighted by Gasteiger charge is 2.23. The fraction of sp³-hybridized carbons (Fsp3) is 0.375. The molecule has 1 fully saturated rings. The molecule has 0 aliphatic carbocycles. The molecule has 0 saturated carbocycles. The largest absolute Gasteiger partial charge is 0.365 e. The van der Waals surface area contributed by atoms with Crippen LogP contribution >= 0.6 is 11.3 Å². The van der Waals surface area contributed by atoms with Gasteiger partial charge in [-0.05, 0) is 25.8 Å². The maximum Gasteiger partial charge on any atom is 0.290 e. The van der Waals surface area contributed by atoms with Gasteiger partial charge in [0, 0.05) is 36.4 Å². The van der Waals surface area contributed by atoms with Gasteiger partial charge in [-0.25, -0.2) is 15.0 Å². The molecular weight excluding hydrogens is 324 g/mol. The number of nitrogens with zero attached hydrogens (tertiary/aromatic N) is 4. The van der Waals surface area contributed by atoms with Crippen molar-refractivity contribution >= 4 is 33.2 Å². The van der Waals surface area contributed by atoms with Crippen molar-refractivity contribution in [2.24, 2.45) is 0 Å². The molecule has 3 aromatic heterocycles. The summed E-state index contributed by atoms with van der Waals surface area (Å²) in [6.07, 6.45) is 6.82. The summed E-state index contributed by atoms with van der Waals surface area (Å²) in [5, 5.41) is 4.59. The molecule has 1 atom stereocenters. The zero-order valence-corrected chi connectivity index (χ0v) is 14.1. The molecule has 2 N–H and O–H groups in total. The van der Waals surface area contributed by atoms with Crippen LogP contribution in [0.15, 0.2) is 29.6 Å². The zero-order valence-electron chi connectivity index (χ0n) is 13.3. The SMILES string of the molecule is Cc1cc2c(NC3CCCN(c4ncc[nH]c4=O)C3)ncnc2s1. The van der Waals surface area contributed by atoms with E-state index in [1.165, 1.54) is 4.88 Å². The van der Waals surface area contributed by atoms with E-state index in [1.54, 1.807) is 30.1 Å². The average Bonchev–Trinajstić information content (AvgIpc) is 2.97. The van der Waals surface area contributed by atoms with Gasteiger partial charge in [0.05, 0.1) is 5.39 Å². The highest BCUT2D eigenvalue weighted by Crippen LogP contribution is 2.28. The van der Waals surface area contributed by atoms with Crippen molar-refractivity contribution in [1.29, 1.82) is 0 Å². The van der Waals surface area contributed by atoms with Gasteiger partial charge in [0.2, 0.25) is 0 Å². The third kappa shape index (κ3) is 2.84. The maximum absolute atomic E-state index is 12.0. The molecular formula is C16H18N6OS. The molecule has 0 radical (unpaired) electrons. The average molecular weight is 342 g/mol. The van der Waals surface area contributed by atoms with Gasteiger partial charge in [0.15, 0.2) is 5.82 Å². The Hall–Kier alpha value is -2.48. The first kappa shape index (κ1) is 15.1. The molecule has 1 aliphatic heterocycles. The molecule has 3 aromatic rings. The van der Waals surface area contributed by atoms with E-state index in [1.807, 2.05) is 4.90 Å². The maximum atomic E-state index is 12.0. The number of anilines is 2. The fourth-order valence-electron chi connectivity index (χ4n) is 3.14. The minimum absolute atomic E-state index is 0.143. The smallest absolute Gasteiger partial charge is 0.290 e. The third-order valence-electron chi connectivity index (χ3n) is 4.20. The van der Waals surface area contributed by atoms with E-state index >= 15 is 0 Å². The summed E-state index contributed by atoms with van der Waals surface area (Å²) in [5.41, 5.74) is -0.143. The predicted octanol–water partition coefficient (Wildman–Crippen LogP) is 2.16. The Balaban J connectivity index is 1.56. The molecule has 0 bridgehead atoms. The molecule has 0 spiro atoms. The molecule has 8 heteroatoms. The van der Waals surface area contributed by atoms with Gasteiger partial charge in [-0.2, -0.15) is 0 Å². The first-order chi connectivity index (χ1) is 11.7. The Morgan fingerprint density at radius 1 is 1.38 bits per heavy atom. The van der Waals surface area contributed by atoms with Crippen molar-refractivity contribution in [2.75, 3.05) is 23.3 Å². The van der Waals surface area contributed by atoms with Gasteiger partial charge >= 0.3 is 0 Å². The van der Waals surface area contributed by atoms with Crippen molar-refractivity contribution < 1.29 is 0 Å². The van der Waals surface area contributed by atoms with E-state index in [2.05, 4.69) is 38.2 Å². The van der Waals surface area contributed by atoms with E-state index < -0.39 is 0 Å². The Morgan fingerprint density at radius 2 is 2.29 bits per heavy atom. The third-order valence-corrected chi connectivity index (χ3v) is 5.16. The molecule has 0 aromatic carbocycles. The van der Waals surface area contributed by atoms with Gasteiger partial charge in [-0.1, -0.05) is 0 Å². The number of hydrogen-bond donors (Lipinski definition) is 2. The van der Waals surface area contributed by atoms with E-state index in [0.29, 0.717) is 5.82 Å². The molecule has 0 amide bonds. The second kappa shape index (κ2) is 6.20. The van der Waals surface area contributed by atoms with Gasteiger partial charge in [-0.3, -0.25) is 4.79 Å². The van der Waals surface area contributed by atoms with Crippen molar-refractivity contribution in [2.45, 2.75) is 25.8 Å². The van der Waals surface area contributed by atoms with Crippen LogP contribution in [0.25, 0.3) is 10.2 Å². The van der Waals surface area contributed by atoms with Crippen LogP contribution in [0.4, 0.5) is 11.6 Å². The summed E-state index contributed by atoms with van der Waals surface area (Å²) in [4.78, 5) is 31.9. The Morgan fingerprint density at radius 3 is 3.17 bits per heavy atom. The minimum Gasteiger partial charge on any atom is -0.365 e. The predicted molar refractivity (Wildman–Crippen MR) is 95.9 cm³/mol. The van der Waals surface area contributed by atoms with E-state index in [-0.39, 0.29) is 11.6 Å². The summed E-state index contributed by atoms with van der Waals surface area (Å²) < 4.78 is 0. The number of H-pyrrole nitrogens is 1. The molecule has 1 saturated heterocycles. The number of rotatable bonds is 3. The van der Waals surface area contributed by atoms with Crippen LogP contribution in [0, 0.1) is 6.92 Å². The van der Waals surface area contributed by atoms with Crippen LogP contribution in [-0.2, 0) is 0 Å². The molecule has 24 heavy (non-hydrogen) atoms. The van der Waals surface area contributed by atoms with Crippen molar-refractivity contribution in [3.05, 3.63) is 40.0 Å². The fourth-order valence-corrected chi connectivity index (χ4v) is 3.99. The monoisotopic (exact) mass is 342 g/mol. The molecule has 1 aliphatic rings. The quantitative estimate of drug-likeness (QED) is 0.758.